The number of aryl methyl sites for hydroxylation is 1. The number of likely N-dealkylation sites (tertiary alicyclic amines) is 1. The summed E-state index contributed by atoms with van der Waals surface area (Å²) >= 11 is 12.5. The predicted octanol–water partition coefficient (Wildman–Crippen LogP) is 2.19. The molecule has 2 heterocycles. The maximum absolute atomic E-state index is 9.90. The standard InChI is InChI=1S/C14H21Cl2N3O/c1-9-4-13(15)12(14(16)17-9)8-19-7-11(20)5-10(19)6-18(2)3/h4,10-11,20H,5-8H2,1-3H3. The van der Waals surface area contributed by atoms with Gasteiger partial charge in [0.05, 0.1) is 6.10 Å². The zero-order valence-electron chi connectivity index (χ0n) is 12.1. The monoisotopic (exact) mass is 317 g/mol. The van der Waals surface area contributed by atoms with Crippen LogP contribution >= 0.6 is 23.2 Å². The minimum absolute atomic E-state index is 0.282. The number of aliphatic hydroxyl groups excluding tert-OH is 1. The fourth-order valence-electron chi connectivity index (χ4n) is 2.73. The van der Waals surface area contributed by atoms with Crippen molar-refractivity contribution in [2.24, 2.45) is 0 Å². The van der Waals surface area contributed by atoms with Gasteiger partial charge in [-0.2, -0.15) is 0 Å². The summed E-state index contributed by atoms with van der Waals surface area (Å²) in [6.45, 7) is 4.06. The summed E-state index contributed by atoms with van der Waals surface area (Å²) in [6, 6.07) is 2.14. The fourth-order valence-corrected chi connectivity index (χ4v) is 3.38. The Balaban J connectivity index is 2.16. The highest BCUT2D eigenvalue weighted by Gasteiger charge is 2.32. The van der Waals surface area contributed by atoms with E-state index in [1.165, 1.54) is 0 Å². The van der Waals surface area contributed by atoms with E-state index in [4.69, 9.17) is 23.2 Å². The molecule has 4 nitrogen and oxygen atoms in total. The van der Waals surface area contributed by atoms with Crippen LogP contribution in [0, 0.1) is 6.92 Å². The molecule has 1 N–H and O–H groups in total. The number of pyridine rings is 1. The summed E-state index contributed by atoms with van der Waals surface area (Å²) < 4.78 is 0. The molecule has 1 aromatic heterocycles. The molecule has 0 aromatic carbocycles. The second kappa shape index (κ2) is 6.58. The first kappa shape index (κ1) is 16.0. The number of aliphatic hydroxyl groups is 1. The molecule has 0 spiro atoms. The Hall–Kier alpha value is -0.390. The molecule has 2 atom stereocenters. The third kappa shape index (κ3) is 3.83. The molecule has 0 bridgehead atoms. The van der Waals surface area contributed by atoms with Crippen molar-refractivity contribution >= 4 is 23.2 Å². The number of hydrogen-bond donors (Lipinski definition) is 1. The van der Waals surface area contributed by atoms with Crippen LogP contribution in [0.5, 0.6) is 0 Å². The smallest absolute Gasteiger partial charge is 0.135 e. The Morgan fingerprint density at radius 2 is 2.15 bits per heavy atom. The van der Waals surface area contributed by atoms with Gasteiger partial charge in [0.15, 0.2) is 0 Å². The van der Waals surface area contributed by atoms with E-state index >= 15 is 0 Å². The van der Waals surface area contributed by atoms with Crippen molar-refractivity contribution in [3.05, 3.63) is 27.5 Å². The minimum atomic E-state index is -0.282. The van der Waals surface area contributed by atoms with Crippen LogP contribution < -0.4 is 0 Å². The van der Waals surface area contributed by atoms with Crippen LogP contribution in [0.4, 0.5) is 0 Å². The van der Waals surface area contributed by atoms with Gasteiger partial charge in [0.25, 0.3) is 0 Å². The first-order chi connectivity index (χ1) is 9.36. The minimum Gasteiger partial charge on any atom is -0.392 e. The summed E-state index contributed by atoms with van der Waals surface area (Å²) in [6.07, 6.45) is 0.503. The van der Waals surface area contributed by atoms with Crippen molar-refractivity contribution < 1.29 is 5.11 Å². The molecular formula is C14H21Cl2N3O. The Kier molecular flexibility index (Phi) is 5.26. The van der Waals surface area contributed by atoms with Crippen LogP contribution in [0.15, 0.2) is 6.07 Å². The lowest BCUT2D eigenvalue weighted by Crippen LogP contribution is -2.37. The summed E-state index contributed by atoms with van der Waals surface area (Å²) in [4.78, 5) is 8.63. The SMILES string of the molecule is Cc1cc(Cl)c(CN2CC(O)CC2CN(C)C)c(Cl)n1. The number of halogens is 2. The molecule has 1 fully saturated rings. The first-order valence-electron chi connectivity index (χ1n) is 6.75. The first-order valence-corrected chi connectivity index (χ1v) is 7.50. The number of rotatable bonds is 4. The van der Waals surface area contributed by atoms with Gasteiger partial charge in [0.1, 0.15) is 5.15 Å². The Morgan fingerprint density at radius 3 is 2.75 bits per heavy atom. The molecule has 0 aliphatic carbocycles. The molecular weight excluding hydrogens is 297 g/mol. The number of aromatic nitrogens is 1. The van der Waals surface area contributed by atoms with Gasteiger partial charge in [-0.15, -0.1) is 0 Å². The van der Waals surface area contributed by atoms with Gasteiger partial charge in [-0.05, 0) is 33.5 Å². The third-order valence-corrected chi connectivity index (χ3v) is 4.24. The highest BCUT2D eigenvalue weighted by atomic mass is 35.5. The Bertz CT molecular complexity index is 458. The van der Waals surface area contributed by atoms with Gasteiger partial charge in [-0.3, -0.25) is 4.90 Å². The van der Waals surface area contributed by atoms with Crippen LogP contribution in [-0.2, 0) is 6.54 Å². The van der Waals surface area contributed by atoms with Crippen molar-refractivity contribution in [2.75, 3.05) is 27.2 Å². The second-order valence-electron chi connectivity index (χ2n) is 5.75. The van der Waals surface area contributed by atoms with Gasteiger partial charge in [0, 0.05) is 42.0 Å². The van der Waals surface area contributed by atoms with Gasteiger partial charge in [0.2, 0.25) is 0 Å². The van der Waals surface area contributed by atoms with Gasteiger partial charge >= 0.3 is 0 Å². The fraction of sp³-hybridized carbons (Fsp3) is 0.643. The lowest BCUT2D eigenvalue weighted by Gasteiger charge is -2.27. The average Bonchev–Trinajstić information content (AvgIpc) is 2.63. The summed E-state index contributed by atoms with van der Waals surface area (Å²) in [7, 11) is 4.08. The number of likely N-dealkylation sites (N-methyl/N-ethyl adjacent to an activating group) is 1. The number of hydrogen-bond acceptors (Lipinski definition) is 4. The van der Waals surface area contributed by atoms with E-state index in [0.717, 1.165) is 24.2 Å². The second-order valence-corrected chi connectivity index (χ2v) is 6.52. The average molecular weight is 318 g/mol. The molecule has 1 aliphatic heterocycles. The highest BCUT2D eigenvalue weighted by molar-refractivity contribution is 6.35. The highest BCUT2D eigenvalue weighted by Crippen LogP contribution is 2.28. The van der Waals surface area contributed by atoms with E-state index < -0.39 is 0 Å². The Morgan fingerprint density at radius 1 is 1.45 bits per heavy atom. The topological polar surface area (TPSA) is 39.6 Å². The molecule has 2 unspecified atom stereocenters. The molecule has 0 amide bonds. The van der Waals surface area contributed by atoms with E-state index in [9.17, 15) is 5.11 Å². The molecule has 2 rings (SSSR count). The molecule has 20 heavy (non-hydrogen) atoms. The van der Waals surface area contributed by atoms with Gasteiger partial charge in [-0.1, -0.05) is 23.2 Å². The van der Waals surface area contributed by atoms with Gasteiger partial charge in [-0.25, -0.2) is 4.98 Å². The van der Waals surface area contributed by atoms with Crippen LogP contribution in [0.3, 0.4) is 0 Å². The van der Waals surface area contributed by atoms with Gasteiger partial charge < -0.3 is 10.0 Å². The number of nitrogens with zero attached hydrogens (tertiary/aromatic N) is 3. The lowest BCUT2D eigenvalue weighted by atomic mass is 10.2. The summed E-state index contributed by atoms with van der Waals surface area (Å²) in [5.74, 6) is 0. The molecule has 1 aliphatic rings. The zero-order chi connectivity index (χ0) is 14.9. The third-order valence-electron chi connectivity index (χ3n) is 3.59. The maximum atomic E-state index is 9.90. The normalized spacial score (nSPS) is 23.8. The summed E-state index contributed by atoms with van der Waals surface area (Å²) in [5, 5.41) is 11.0. The van der Waals surface area contributed by atoms with Crippen molar-refractivity contribution in [1.82, 2.24) is 14.8 Å². The molecule has 0 radical (unpaired) electrons. The quantitative estimate of drug-likeness (QED) is 0.864. The van der Waals surface area contributed by atoms with Crippen molar-refractivity contribution in [2.45, 2.75) is 32.0 Å². The molecule has 112 valence electrons. The van der Waals surface area contributed by atoms with E-state index in [1.807, 2.05) is 27.1 Å². The van der Waals surface area contributed by atoms with Crippen LogP contribution in [0.1, 0.15) is 17.7 Å². The molecule has 1 aromatic rings. The predicted molar refractivity (Wildman–Crippen MR) is 82.4 cm³/mol. The van der Waals surface area contributed by atoms with Crippen molar-refractivity contribution in [3.8, 4) is 0 Å². The zero-order valence-corrected chi connectivity index (χ0v) is 13.6. The van der Waals surface area contributed by atoms with E-state index in [2.05, 4.69) is 14.8 Å². The van der Waals surface area contributed by atoms with Crippen LogP contribution in [-0.4, -0.2) is 59.2 Å². The largest absolute Gasteiger partial charge is 0.392 e. The van der Waals surface area contributed by atoms with E-state index in [1.54, 1.807) is 0 Å². The summed E-state index contributed by atoms with van der Waals surface area (Å²) in [5.41, 5.74) is 1.66. The molecule has 0 saturated carbocycles. The van der Waals surface area contributed by atoms with E-state index in [-0.39, 0.29) is 6.10 Å². The Labute approximate surface area is 130 Å². The van der Waals surface area contributed by atoms with Crippen LogP contribution in [0.25, 0.3) is 0 Å². The van der Waals surface area contributed by atoms with E-state index in [0.29, 0.717) is 29.3 Å². The van der Waals surface area contributed by atoms with Crippen LogP contribution in [0.2, 0.25) is 10.2 Å². The molecule has 1 saturated heterocycles. The number of β-amino-alcohol motifs (C(OH)–C–C–N with tert-alkyl or cyclic N) is 1. The maximum Gasteiger partial charge on any atom is 0.135 e. The lowest BCUT2D eigenvalue weighted by molar-refractivity contribution is 0.169. The van der Waals surface area contributed by atoms with Crippen molar-refractivity contribution in [1.29, 1.82) is 0 Å². The van der Waals surface area contributed by atoms with Crippen molar-refractivity contribution in [3.63, 3.8) is 0 Å². The molecule has 6 heteroatoms.